The molecule has 0 saturated carbocycles. The van der Waals surface area contributed by atoms with Crippen LogP contribution in [0.5, 0.6) is 0 Å². The second-order valence-electron chi connectivity index (χ2n) is 5.06. The van der Waals surface area contributed by atoms with Crippen molar-refractivity contribution in [1.29, 1.82) is 0 Å². The van der Waals surface area contributed by atoms with Crippen LogP contribution < -0.4 is 16.3 Å². The van der Waals surface area contributed by atoms with Crippen molar-refractivity contribution in [3.05, 3.63) is 16.3 Å². The Balaban J connectivity index is 1.70. The van der Waals surface area contributed by atoms with E-state index in [1.807, 2.05) is 0 Å². The number of amides is 2. The lowest BCUT2D eigenvalue weighted by molar-refractivity contribution is 0.196. The van der Waals surface area contributed by atoms with Crippen molar-refractivity contribution in [2.75, 3.05) is 26.8 Å². The minimum absolute atomic E-state index is 0.0331. The van der Waals surface area contributed by atoms with Crippen molar-refractivity contribution >= 4 is 6.03 Å². The Morgan fingerprint density at radius 1 is 1.33 bits per heavy atom. The maximum absolute atomic E-state index is 12.1. The van der Waals surface area contributed by atoms with Crippen LogP contribution in [0.25, 0.3) is 0 Å². The molecule has 118 valence electrons. The Kier molecular flexibility index (Phi) is 5.79. The summed E-state index contributed by atoms with van der Waals surface area (Å²) in [4.78, 5) is 23.5. The Hall–Kier alpha value is -1.83. The van der Waals surface area contributed by atoms with Gasteiger partial charge in [0.15, 0.2) is 0 Å². The third-order valence-corrected chi connectivity index (χ3v) is 3.46. The number of aryl methyl sites for hydroxylation is 2. The van der Waals surface area contributed by atoms with Crippen LogP contribution in [-0.2, 0) is 24.2 Å². The molecular weight excluding hydrogens is 274 g/mol. The fraction of sp³-hybridized carbons (Fsp3) is 0.769. The van der Waals surface area contributed by atoms with Crippen molar-refractivity contribution in [3.8, 4) is 0 Å². The number of hydrogen-bond acceptors (Lipinski definition) is 4. The number of rotatable bonds is 7. The zero-order valence-corrected chi connectivity index (χ0v) is 12.4. The Morgan fingerprint density at radius 3 is 2.90 bits per heavy atom. The number of fused-ring (bicyclic) bond motifs is 1. The van der Waals surface area contributed by atoms with Crippen molar-refractivity contribution in [2.24, 2.45) is 0 Å². The molecule has 1 aliphatic rings. The van der Waals surface area contributed by atoms with Gasteiger partial charge in [-0.15, -0.1) is 0 Å². The van der Waals surface area contributed by atoms with Crippen LogP contribution in [0.1, 0.15) is 25.1 Å². The van der Waals surface area contributed by atoms with Crippen LogP contribution >= 0.6 is 0 Å². The van der Waals surface area contributed by atoms with Crippen LogP contribution in [0.4, 0.5) is 4.79 Å². The van der Waals surface area contributed by atoms with E-state index in [9.17, 15) is 9.59 Å². The van der Waals surface area contributed by atoms with E-state index in [1.165, 1.54) is 4.68 Å². The van der Waals surface area contributed by atoms with Crippen molar-refractivity contribution in [3.63, 3.8) is 0 Å². The molecule has 1 aliphatic heterocycles. The molecule has 0 spiro atoms. The van der Waals surface area contributed by atoms with E-state index < -0.39 is 0 Å². The molecule has 8 heteroatoms. The summed E-state index contributed by atoms with van der Waals surface area (Å²) in [6.07, 6.45) is 3.69. The lowest BCUT2D eigenvalue weighted by Crippen LogP contribution is -2.38. The number of methoxy groups -OCH3 is 1. The number of nitrogens with zero attached hydrogens (tertiary/aromatic N) is 3. The number of nitrogens with one attached hydrogen (secondary N) is 2. The highest BCUT2D eigenvalue weighted by atomic mass is 16.5. The van der Waals surface area contributed by atoms with Gasteiger partial charge in [0.2, 0.25) is 0 Å². The van der Waals surface area contributed by atoms with Crippen LogP contribution in [0.3, 0.4) is 0 Å². The molecule has 0 atom stereocenters. The van der Waals surface area contributed by atoms with E-state index >= 15 is 0 Å². The molecule has 2 heterocycles. The van der Waals surface area contributed by atoms with Crippen molar-refractivity contribution in [2.45, 2.75) is 38.8 Å². The molecule has 8 nitrogen and oxygen atoms in total. The topological polar surface area (TPSA) is 90.2 Å². The normalized spacial score (nSPS) is 13.8. The zero-order chi connectivity index (χ0) is 15.1. The van der Waals surface area contributed by atoms with Gasteiger partial charge in [0, 0.05) is 39.7 Å². The van der Waals surface area contributed by atoms with E-state index in [0.29, 0.717) is 32.7 Å². The van der Waals surface area contributed by atoms with Crippen molar-refractivity contribution < 1.29 is 9.53 Å². The predicted octanol–water partition coefficient (Wildman–Crippen LogP) is -0.283. The number of carbonyl (C=O) groups is 1. The lowest BCUT2D eigenvalue weighted by Gasteiger charge is -2.09. The van der Waals surface area contributed by atoms with E-state index in [1.54, 1.807) is 11.7 Å². The monoisotopic (exact) mass is 297 g/mol. The summed E-state index contributed by atoms with van der Waals surface area (Å²) >= 11 is 0. The fourth-order valence-corrected chi connectivity index (χ4v) is 2.35. The molecule has 1 aromatic heterocycles. The molecule has 0 unspecified atom stereocenters. The van der Waals surface area contributed by atoms with E-state index in [0.717, 1.165) is 31.6 Å². The summed E-state index contributed by atoms with van der Waals surface area (Å²) in [6, 6.07) is -0.219. The van der Waals surface area contributed by atoms with Gasteiger partial charge in [-0.05, 0) is 19.3 Å². The van der Waals surface area contributed by atoms with Crippen LogP contribution in [0.15, 0.2) is 4.79 Å². The number of carbonyl (C=O) groups excluding carboxylic acids is 1. The molecule has 21 heavy (non-hydrogen) atoms. The maximum atomic E-state index is 12.1. The highest BCUT2D eigenvalue weighted by Crippen LogP contribution is 2.09. The highest BCUT2D eigenvalue weighted by Gasteiger charge is 2.16. The van der Waals surface area contributed by atoms with Crippen molar-refractivity contribution in [1.82, 2.24) is 25.0 Å². The molecule has 0 aromatic carbocycles. The largest absolute Gasteiger partial charge is 0.383 e. The van der Waals surface area contributed by atoms with E-state index in [4.69, 9.17) is 4.74 Å². The zero-order valence-electron chi connectivity index (χ0n) is 12.4. The van der Waals surface area contributed by atoms with Gasteiger partial charge in [0.05, 0.1) is 6.61 Å². The Bertz CT molecular complexity index is 522. The third-order valence-electron chi connectivity index (χ3n) is 3.46. The van der Waals surface area contributed by atoms with Gasteiger partial charge in [0.25, 0.3) is 0 Å². The molecule has 0 radical (unpaired) electrons. The summed E-state index contributed by atoms with van der Waals surface area (Å²) in [6.45, 7) is 2.78. The first kappa shape index (κ1) is 15.6. The van der Waals surface area contributed by atoms with Gasteiger partial charge < -0.3 is 15.4 Å². The summed E-state index contributed by atoms with van der Waals surface area (Å²) in [7, 11) is 1.59. The average Bonchev–Trinajstić information content (AvgIpc) is 2.81. The molecule has 0 aliphatic carbocycles. The molecule has 0 fully saturated rings. The molecule has 2 N–H and O–H groups in total. The number of aromatic nitrogens is 3. The SMILES string of the molecule is COCCNC(=O)NCCCn1nc2n(c1=O)CCCC2. The second-order valence-corrected chi connectivity index (χ2v) is 5.06. The molecule has 1 aromatic rings. The Labute approximate surface area is 123 Å². The van der Waals surface area contributed by atoms with Gasteiger partial charge in [0.1, 0.15) is 5.82 Å². The fourth-order valence-electron chi connectivity index (χ4n) is 2.35. The van der Waals surface area contributed by atoms with E-state index in [-0.39, 0.29) is 11.7 Å². The molecule has 2 amide bonds. The second kappa shape index (κ2) is 7.82. The molecule has 2 rings (SSSR count). The highest BCUT2D eigenvalue weighted by molar-refractivity contribution is 5.73. The number of hydrogen-bond donors (Lipinski definition) is 2. The first-order valence-electron chi connectivity index (χ1n) is 7.39. The average molecular weight is 297 g/mol. The quantitative estimate of drug-likeness (QED) is 0.677. The number of ether oxygens (including phenoxy) is 1. The van der Waals surface area contributed by atoms with Crippen LogP contribution in [0, 0.1) is 0 Å². The number of urea groups is 1. The minimum atomic E-state index is -0.219. The van der Waals surface area contributed by atoms with E-state index in [2.05, 4.69) is 15.7 Å². The van der Waals surface area contributed by atoms with Gasteiger partial charge in [-0.3, -0.25) is 4.57 Å². The first-order valence-corrected chi connectivity index (χ1v) is 7.39. The first-order chi connectivity index (χ1) is 10.2. The maximum Gasteiger partial charge on any atom is 0.345 e. The minimum Gasteiger partial charge on any atom is -0.383 e. The molecular formula is C13H23N5O3. The van der Waals surface area contributed by atoms with Gasteiger partial charge in [-0.2, -0.15) is 5.10 Å². The Morgan fingerprint density at radius 2 is 2.14 bits per heavy atom. The summed E-state index contributed by atoms with van der Waals surface area (Å²) in [5.74, 6) is 0.886. The summed E-state index contributed by atoms with van der Waals surface area (Å²) < 4.78 is 8.10. The third kappa shape index (κ3) is 4.32. The smallest absolute Gasteiger partial charge is 0.345 e. The van der Waals surface area contributed by atoms with Gasteiger partial charge in [-0.1, -0.05) is 0 Å². The van der Waals surface area contributed by atoms with Crippen LogP contribution in [0.2, 0.25) is 0 Å². The standard InChI is InChI=1S/C13H23N5O3/c1-21-10-7-15-12(19)14-6-4-9-18-13(20)17-8-3-2-5-11(17)16-18/h2-10H2,1H3,(H2,14,15,19). The molecule has 0 bridgehead atoms. The summed E-state index contributed by atoms with van der Waals surface area (Å²) in [5.41, 5.74) is -0.0331. The lowest BCUT2D eigenvalue weighted by atomic mass is 10.2. The van der Waals surface area contributed by atoms with Crippen LogP contribution in [-0.4, -0.2) is 47.2 Å². The van der Waals surface area contributed by atoms with Gasteiger partial charge in [-0.25, -0.2) is 14.3 Å². The summed E-state index contributed by atoms with van der Waals surface area (Å²) in [5, 5.41) is 9.76. The molecule has 0 saturated heterocycles. The predicted molar refractivity (Wildman–Crippen MR) is 77.3 cm³/mol. The van der Waals surface area contributed by atoms with Gasteiger partial charge >= 0.3 is 11.7 Å².